The second kappa shape index (κ2) is 7.49. The lowest BCUT2D eigenvalue weighted by Gasteiger charge is -2.17. The van der Waals surface area contributed by atoms with Crippen molar-refractivity contribution in [2.45, 2.75) is 39.0 Å². The van der Waals surface area contributed by atoms with Crippen molar-refractivity contribution in [2.24, 2.45) is 11.7 Å². The quantitative estimate of drug-likeness (QED) is 0.768. The van der Waals surface area contributed by atoms with Crippen molar-refractivity contribution in [1.82, 2.24) is 15.1 Å². The number of thioether (sulfide) groups is 1. The third kappa shape index (κ3) is 4.50. The standard InChI is InChI=1S/C12H22N4O2S/c1-5-16(6-2)9(17)7-19-12-15-14-11(18-12)10(13)8(3)4/h8,10H,5-7,13H2,1-4H3. The first-order chi connectivity index (χ1) is 8.99. The van der Waals surface area contributed by atoms with E-state index in [0.717, 1.165) is 0 Å². The number of nitrogens with two attached hydrogens (primary N) is 1. The van der Waals surface area contributed by atoms with Gasteiger partial charge in [0.05, 0.1) is 11.8 Å². The first kappa shape index (κ1) is 16.0. The lowest BCUT2D eigenvalue weighted by molar-refractivity contribution is -0.127. The molecule has 0 fully saturated rings. The Bertz CT molecular complexity index is 404. The number of hydrogen-bond acceptors (Lipinski definition) is 6. The Morgan fingerprint density at radius 2 is 2.00 bits per heavy atom. The van der Waals surface area contributed by atoms with Gasteiger partial charge in [-0.15, -0.1) is 10.2 Å². The van der Waals surface area contributed by atoms with E-state index in [2.05, 4.69) is 10.2 Å². The molecule has 19 heavy (non-hydrogen) atoms. The van der Waals surface area contributed by atoms with E-state index >= 15 is 0 Å². The van der Waals surface area contributed by atoms with Crippen molar-refractivity contribution in [3.63, 3.8) is 0 Å². The molecule has 0 aliphatic rings. The maximum absolute atomic E-state index is 11.8. The molecule has 0 spiro atoms. The molecule has 0 aromatic carbocycles. The zero-order valence-corrected chi connectivity index (χ0v) is 12.7. The van der Waals surface area contributed by atoms with E-state index in [9.17, 15) is 4.79 Å². The highest BCUT2D eigenvalue weighted by Crippen LogP contribution is 2.22. The summed E-state index contributed by atoms with van der Waals surface area (Å²) >= 11 is 1.25. The summed E-state index contributed by atoms with van der Waals surface area (Å²) in [4.78, 5) is 13.6. The van der Waals surface area contributed by atoms with Crippen LogP contribution in [0, 0.1) is 5.92 Å². The molecule has 2 N–H and O–H groups in total. The zero-order chi connectivity index (χ0) is 14.4. The molecule has 1 atom stereocenters. The lowest BCUT2D eigenvalue weighted by atomic mass is 10.1. The number of aromatic nitrogens is 2. The maximum atomic E-state index is 11.8. The summed E-state index contributed by atoms with van der Waals surface area (Å²) in [5.74, 6) is 1.03. The second-order valence-electron chi connectivity index (χ2n) is 4.53. The van der Waals surface area contributed by atoms with Crippen molar-refractivity contribution >= 4 is 17.7 Å². The Kier molecular flexibility index (Phi) is 6.30. The molecule has 6 nitrogen and oxygen atoms in total. The van der Waals surface area contributed by atoms with Crippen molar-refractivity contribution < 1.29 is 9.21 Å². The summed E-state index contributed by atoms with van der Waals surface area (Å²) in [5.41, 5.74) is 5.92. The Morgan fingerprint density at radius 1 is 1.37 bits per heavy atom. The molecule has 0 saturated carbocycles. The summed E-state index contributed by atoms with van der Waals surface area (Å²) < 4.78 is 5.45. The number of nitrogens with zero attached hydrogens (tertiary/aromatic N) is 3. The molecule has 7 heteroatoms. The zero-order valence-electron chi connectivity index (χ0n) is 11.9. The summed E-state index contributed by atoms with van der Waals surface area (Å²) in [6.45, 7) is 9.32. The minimum atomic E-state index is -0.264. The maximum Gasteiger partial charge on any atom is 0.277 e. The van der Waals surface area contributed by atoms with Crippen LogP contribution in [0.5, 0.6) is 0 Å². The number of hydrogen-bond donors (Lipinski definition) is 1. The van der Waals surface area contributed by atoms with Gasteiger partial charge in [-0.2, -0.15) is 0 Å². The van der Waals surface area contributed by atoms with E-state index < -0.39 is 0 Å². The van der Waals surface area contributed by atoms with Crippen LogP contribution in [0.2, 0.25) is 0 Å². The Labute approximate surface area is 118 Å². The van der Waals surface area contributed by atoms with Crippen molar-refractivity contribution in [2.75, 3.05) is 18.8 Å². The molecular weight excluding hydrogens is 264 g/mol. The fourth-order valence-electron chi connectivity index (χ4n) is 1.49. The summed E-state index contributed by atoms with van der Waals surface area (Å²) in [6, 6.07) is -0.264. The van der Waals surface area contributed by atoms with Gasteiger partial charge in [0.1, 0.15) is 0 Å². The SMILES string of the molecule is CCN(CC)C(=O)CSc1nnc(C(N)C(C)C)o1. The molecule has 1 unspecified atom stereocenters. The molecule has 0 bridgehead atoms. The average Bonchev–Trinajstić information content (AvgIpc) is 2.85. The highest BCUT2D eigenvalue weighted by molar-refractivity contribution is 7.99. The Hall–Kier alpha value is -1.08. The number of rotatable bonds is 7. The van der Waals surface area contributed by atoms with Crippen molar-refractivity contribution in [3.05, 3.63) is 5.89 Å². The third-order valence-corrected chi connectivity index (χ3v) is 3.66. The molecular formula is C12H22N4O2S. The van der Waals surface area contributed by atoms with Crippen LogP contribution in [0.15, 0.2) is 9.64 Å². The second-order valence-corrected chi connectivity index (χ2v) is 5.46. The van der Waals surface area contributed by atoms with E-state index in [1.807, 2.05) is 27.7 Å². The minimum absolute atomic E-state index is 0.0721. The van der Waals surface area contributed by atoms with Gasteiger partial charge < -0.3 is 15.1 Å². The monoisotopic (exact) mass is 286 g/mol. The van der Waals surface area contributed by atoms with E-state index in [1.165, 1.54) is 11.8 Å². The van der Waals surface area contributed by atoms with Gasteiger partial charge in [-0.1, -0.05) is 25.6 Å². The highest BCUT2D eigenvalue weighted by atomic mass is 32.2. The predicted molar refractivity (Wildman–Crippen MR) is 74.7 cm³/mol. The smallest absolute Gasteiger partial charge is 0.277 e. The van der Waals surface area contributed by atoms with Crippen LogP contribution in [0.25, 0.3) is 0 Å². The van der Waals surface area contributed by atoms with Gasteiger partial charge in [0.25, 0.3) is 5.22 Å². The fraction of sp³-hybridized carbons (Fsp3) is 0.750. The normalized spacial score (nSPS) is 12.7. The van der Waals surface area contributed by atoms with Gasteiger partial charge in [0.15, 0.2) is 0 Å². The minimum Gasteiger partial charge on any atom is -0.414 e. The van der Waals surface area contributed by atoms with Crippen molar-refractivity contribution in [1.29, 1.82) is 0 Å². The van der Waals surface area contributed by atoms with Crippen molar-refractivity contribution in [3.8, 4) is 0 Å². The summed E-state index contributed by atoms with van der Waals surface area (Å²) in [7, 11) is 0. The molecule has 0 saturated heterocycles. The van der Waals surface area contributed by atoms with Gasteiger partial charge >= 0.3 is 0 Å². The van der Waals surface area contributed by atoms with Crippen LogP contribution in [0.4, 0.5) is 0 Å². The van der Waals surface area contributed by atoms with Crippen LogP contribution in [0.3, 0.4) is 0 Å². The summed E-state index contributed by atoms with van der Waals surface area (Å²) in [5, 5.41) is 8.21. The topological polar surface area (TPSA) is 85.2 Å². The van der Waals surface area contributed by atoms with Crippen LogP contribution in [0.1, 0.15) is 39.6 Å². The molecule has 0 radical (unpaired) electrons. The van der Waals surface area contributed by atoms with E-state index in [0.29, 0.717) is 30.0 Å². The van der Waals surface area contributed by atoms with E-state index in [1.54, 1.807) is 4.90 Å². The number of amides is 1. The molecule has 108 valence electrons. The largest absolute Gasteiger partial charge is 0.414 e. The molecule has 0 aliphatic carbocycles. The molecule has 1 aromatic heterocycles. The van der Waals surface area contributed by atoms with Crippen LogP contribution in [-0.2, 0) is 4.79 Å². The third-order valence-electron chi connectivity index (χ3n) is 2.86. The van der Waals surface area contributed by atoms with Gasteiger partial charge in [-0.05, 0) is 19.8 Å². The number of carbonyl (C=O) groups excluding carboxylic acids is 1. The van der Waals surface area contributed by atoms with Gasteiger partial charge in [-0.25, -0.2) is 0 Å². The lowest BCUT2D eigenvalue weighted by Crippen LogP contribution is -2.31. The van der Waals surface area contributed by atoms with Gasteiger partial charge in [0.2, 0.25) is 11.8 Å². The van der Waals surface area contributed by atoms with Gasteiger partial charge in [-0.3, -0.25) is 4.79 Å². The van der Waals surface area contributed by atoms with E-state index in [-0.39, 0.29) is 17.9 Å². The van der Waals surface area contributed by atoms with Crippen LogP contribution >= 0.6 is 11.8 Å². The fourth-order valence-corrected chi connectivity index (χ4v) is 2.16. The van der Waals surface area contributed by atoms with E-state index in [4.69, 9.17) is 10.2 Å². The van der Waals surface area contributed by atoms with Crippen LogP contribution < -0.4 is 5.73 Å². The highest BCUT2D eigenvalue weighted by Gasteiger charge is 2.19. The van der Waals surface area contributed by atoms with Gasteiger partial charge in [0, 0.05) is 13.1 Å². The Balaban J connectivity index is 2.53. The molecule has 1 heterocycles. The average molecular weight is 286 g/mol. The molecule has 1 amide bonds. The Morgan fingerprint density at radius 3 is 2.53 bits per heavy atom. The molecule has 1 aromatic rings. The first-order valence-corrected chi connectivity index (χ1v) is 7.47. The molecule has 1 rings (SSSR count). The summed E-state index contributed by atoms with van der Waals surface area (Å²) in [6.07, 6.45) is 0. The predicted octanol–water partition coefficient (Wildman–Crippen LogP) is 1.69. The first-order valence-electron chi connectivity index (χ1n) is 6.49. The van der Waals surface area contributed by atoms with Crippen LogP contribution in [-0.4, -0.2) is 39.8 Å². The molecule has 0 aliphatic heterocycles. The number of carbonyl (C=O) groups is 1.